The zero-order valence-corrected chi connectivity index (χ0v) is 11.9. The molecule has 0 atom stereocenters. The third kappa shape index (κ3) is 3.68. The van der Waals surface area contributed by atoms with Crippen LogP contribution < -0.4 is 5.32 Å². The predicted molar refractivity (Wildman–Crippen MR) is 78.4 cm³/mol. The number of aliphatic carboxylic acids is 1. The zero-order chi connectivity index (χ0) is 15.4. The number of carboxylic acids is 1. The van der Waals surface area contributed by atoms with Crippen LogP contribution in [-0.2, 0) is 11.2 Å². The van der Waals surface area contributed by atoms with Gasteiger partial charge in [0, 0.05) is 17.8 Å². The van der Waals surface area contributed by atoms with E-state index in [-0.39, 0.29) is 12.3 Å². The van der Waals surface area contributed by atoms with Gasteiger partial charge in [0.05, 0.1) is 11.3 Å². The second kappa shape index (κ2) is 6.21. The van der Waals surface area contributed by atoms with E-state index in [1.807, 2.05) is 12.1 Å². The number of H-pyrrole nitrogens is 1. The van der Waals surface area contributed by atoms with E-state index in [1.165, 1.54) is 0 Å². The number of aromatic amines is 1. The lowest BCUT2D eigenvalue weighted by Gasteiger charge is -2.06. The van der Waals surface area contributed by atoms with Crippen molar-refractivity contribution in [3.05, 3.63) is 46.8 Å². The summed E-state index contributed by atoms with van der Waals surface area (Å²) in [4.78, 5) is 22.7. The van der Waals surface area contributed by atoms with Gasteiger partial charge >= 0.3 is 5.97 Å². The Hall–Kier alpha value is -2.63. The number of hydrogen-bond acceptors (Lipinski definition) is 3. The summed E-state index contributed by atoms with van der Waals surface area (Å²) in [6.45, 7) is 3.57. The van der Waals surface area contributed by atoms with E-state index in [0.717, 1.165) is 11.3 Å². The molecule has 2 rings (SSSR count). The average molecular weight is 287 g/mol. The Kier molecular flexibility index (Phi) is 4.37. The molecule has 3 N–H and O–H groups in total. The molecule has 0 aliphatic rings. The van der Waals surface area contributed by atoms with Gasteiger partial charge in [-0.3, -0.25) is 14.7 Å². The smallest absolute Gasteiger partial charge is 0.303 e. The second-order valence-electron chi connectivity index (χ2n) is 4.85. The van der Waals surface area contributed by atoms with Gasteiger partial charge in [0.2, 0.25) is 0 Å². The molecule has 0 aliphatic carbocycles. The minimum atomic E-state index is -0.821. The largest absolute Gasteiger partial charge is 0.481 e. The highest BCUT2D eigenvalue weighted by Crippen LogP contribution is 2.15. The van der Waals surface area contributed by atoms with Crippen LogP contribution in [-0.4, -0.2) is 27.2 Å². The van der Waals surface area contributed by atoms with Crippen LogP contribution in [0, 0.1) is 13.8 Å². The van der Waals surface area contributed by atoms with Gasteiger partial charge in [-0.2, -0.15) is 5.10 Å². The highest BCUT2D eigenvalue weighted by Gasteiger charge is 2.15. The molecule has 2 aromatic rings. The van der Waals surface area contributed by atoms with E-state index in [2.05, 4.69) is 15.5 Å². The van der Waals surface area contributed by atoms with Gasteiger partial charge in [0.25, 0.3) is 5.91 Å². The van der Waals surface area contributed by atoms with Crippen molar-refractivity contribution in [3.63, 3.8) is 0 Å². The third-order valence-corrected chi connectivity index (χ3v) is 3.19. The van der Waals surface area contributed by atoms with Gasteiger partial charge in [-0.25, -0.2) is 0 Å². The van der Waals surface area contributed by atoms with Gasteiger partial charge < -0.3 is 10.4 Å². The van der Waals surface area contributed by atoms with Gasteiger partial charge in [-0.15, -0.1) is 0 Å². The van der Waals surface area contributed by atoms with E-state index in [9.17, 15) is 9.59 Å². The molecule has 110 valence electrons. The maximum Gasteiger partial charge on any atom is 0.303 e. The van der Waals surface area contributed by atoms with E-state index in [1.54, 1.807) is 26.0 Å². The van der Waals surface area contributed by atoms with Crippen molar-refractivity contribution in [1.82, 2.24) is 10.2 Å². The summed E-state index contributed by atoms with van der Waals surface area (Å²) in [5.74, 6) is -1.03. The van der Waals surface area contributed by atoms with Crippen molar-refractivity contribution in [1.29, 1.82) is 0 Å². The Bertz CT molecular complexity index is 640. The Morgan fingerprint density at radius 2 is 1.90 bits per heavy atom. The number of nitrogens with zero attached hydrogens (tertiary/aromatic N) is 1. The summed E-state index contributed by atoms with van der Waals surface area (Å²) < 4.78 is 0. The first-order valence-corrected chi connectivity index (χ1v) is 6.61. The fourth-order valence-corrected chi connectivity index (χ4v) is 2.09. The van der Waals surface area contributed by atoms with Gasteiger partial charge in [-0.05, 0) is 38.0 Å². The van der Waals surface area contributed by atoms with Crippen LogP contribution in [0.15, 0.2) is 24.3 Å². The first kappa shape index (κ1) is 14.8. The van der Waals surface area contributed by atoms with Gasteiger partial charge in [-0.1, -0.05) is 12.1 Å². The van der Waals surface area contributed by atoms with Gasteiger partial charge in [0.1, 0.15) is 0 Å². The summed E-state index contributed by atoms with van der Waals surface area (Å²) in [6.07, 6.45) is 0.572. The summed E-state index contributed by atoms with van der Waals surface area (Å²) in [7, 11) is 0. The first-order chi connectivity index (χ1) is 9.97. The molecule has 21 heavy (non-hydrogen) atoms. The van der Waals surface area contributed by atoms with Gasteiger partial charge in [0.15, 0.2) is 0 Å². The summed E-state index contributed by atoms with van der Waals surface area (Å²) in [5.41, 5.74) is 3.52. The third-order valence-electron chi connectivity index (χ3n) is 3.19. The number of nitrogens with one attached hydrogen (secondary N) is 2. The summed E-state index contributed by atoms with van der Waals surface area (Å²) in [5, 5.41) is 18.2. The molecule has 1 amide bonds. The number of amides is 1. The molecule has 6 heteroatoms. The Labute approximate surface area is 122 Å². The number of carbonyl (C=O) groups is 2. The zero-order valence-electron chi connectivity index (χ0n) is 11.9. The molecular formula is C15H17N3O3. The number of hydrogen-bond donors (Lipinski definition) is 3. The lowest BCUT2D eigenvalue weighted by Crippen LogP contribution is -2.13. The highest BCUT2D eigenvalue weighted by molar-refractivity contribution is 6.05. The Morgan fingerprint density at radius 3 is 2.43 bits per heavy atom. The quantitative estimate of drug-likeness (QED) is 0.786. The molecule has 0 fully saturated rings. The van der Waals surface area contributed by atoms with Crippen molar-refractivity contribution < 1.29 is 14.7 Å². The SMILES string of the molecule is Cc1n[nH]c(C)c1C(=O)Nc1ccc(CCC(=O)O)cc1. The van der Waals surface area contributed by atoms with E-state index in [4.69, 9.17) is 5.11 Å². The van der Waals surface area contributed by atoms with Crippen LogP contribution in [0.5, 0.6) is 0 Å². The van der Waals surface area contributed by atoms with Crippen LogP contribution in [0.4, 0.5) is 5.69 Å². The minimum Gasteiger partial charge on any atom is -0.481 e. The fourth-order valence-electron chi connectivity index (χ4n) is 2.09. The molecule has 0 spiro atoms. The number of aromatic nitrogens is 2. The monoisotopic (exact) mass is 287 g/mol. The number of anilines is 1. The maximum absolute atomic E-state index is 12.2. The molecule has 1 aromatic heterocycles. The molecule has 0 radical (unpaired) electrons. The lowest BCUT2D eigenvalue weighted by atomic mass is 10.1. The lowest BCUT2D eigenvalue weighted by molar-refractivity contribution is -0.136. The van der Waals surface area contributed by atoms with Crippen molar-refractivity contribution in [2.45, 2.75) is 26.7 Å². The normalized spacial score (nSPS) is 10.4. The number of benzene rings is 1. The molecule has 1 aromatic carbocycles. The average Bonchev–Trinajstić information content (AvgIpc) is 2.77. The topological polar surface area (TPSA) is 95.1 Å². The van der Waals surface area contributed by atoms with Crippen LogP contribution in [0.3, 0.4) is 0 Å². The molecular weight excluding hydrogens is 270 g/mol. The second-order valence-corrected chi connectivity index (χ2v) is 4.85. The number of aryl methyl sites for hydroxylation is 3. The Morgan fingerprint density at radius 1 is 1.24 bits per heavy atom. The summed E-state index contributed by atoms with van der Waals surface area (Å²) in [6, 6.07) is 7.15. The van der Waals surface area contributed by atoms with Crippen LogP contribution >= 0.6 is 0 Å². The number of carbonyl (C=O) groups excluding carboxylic acids is 1. The standard InChI is InChI=1S/C15H17N3O3/c1-9-14(10(2)18-17-9)15(21)16-12-6-3-11(4-7-12)5-8-13(19)20/h3-4,6-7H,5,8H2,1-2H3,(H,16,21)(H,17,18)(H,19,20). The summed E-state index contributed by atoms with van der Waals surface area (Å²) >= 11 is 0. The first-order valence-electron chi connectivity index (χ1n) is 6.61. The Balaban J connectivity index is 2.03. The molecule has 1 heterocycles. The number of carboxylic acid groups (broad SMARTS) is 1. The fraction of sp³-hybridized carbons (Fsp3) is 0.267. The van der Waals surface area contributed by atoms with Crippen LogP contribution in [0.25, 0.3) is 0 Å². The number of rotatable bonds is 5. The van der Waals surface area contributed by atoms with Crippen LogP contribution in [0.2, 0.25) is 0 Å². The molecule has 0 saturated carbocycles. The molecule has 6 nitrogen and oxygen atoms in total. The van der Waals surface area contributed by atoms with Crippen molar-refractivity contribution in [3.8, 4) is 0 Å². The molecule has 0 aliphatic heterocycles. The molecule has 0 saturated heterocycles. The van der Waals surface area contributed by atoms with Crippen LogP contribution in [0.1, 0.15) is 33.7 Å². The van der Waals surface area contributed by atoms with Crippen molar-refractivity contribution >= 4 is 17.6 Å². The van der Waals surface area contributed by atoms with E-state index in [0.29, 0.717) is 23.4 Å². The minimum absolute atomic E-state index is 0.0963. The van der Waals surface area contributed by atoms with E-state index < -0.39 is 5.97 Å². The van der Waals surface area contributed by atoms with Crippen molar-refractivity contribution in [2.75, 3.05) is 5.32 Å². The molecule has 0 bridgehead atoms. The van der Waals surface area contributed by atoms with Crippen molar-refractivity contribution in [2.24, 2.45) is 0 Å². The predicted octanol–water partition coefficient (Wildman–Crippen LogP) is 2.30. The molecule has 0 unspecified atom stereocenters. The maximum atomic E-state index is 12.2. The van der Waals surface area contributed by atoms with E-state index >= 15 is 0 Å². The highest BCUT2D eigenvalue weighted by atomic mass is 16.4.